The van der Waals surface area contributed by atoms with E-state index in [2.05, 4.69) is 5.32 Å². The van der Waals surface area contributed by atoms with Crippen molar-refractivity contribution in [3.63, 3.8) is 0 Å². The van der Waals surface area contributed by atoms with Crippen molar-refractivity contribution in [3.05, 3.63) is 23.3 Å². The minimum atomic E-state index is -1.63. The zero-order valence-electron chi connectivity index (χ0n) is 12.0. The van der Waals surface area contributed by atoms with E-state index in [4.69, 9.17) is 9.47 Å². The first-order valence-electron chi connectivity index (χ1n) is 5.98. The number of likely N-dealkylation sites (N-methyl/N-ethyl adjacent to an activating group) is 1. The predicted molar refractivity (Wildman–Crippen MR) is 71.9 cm³/mol. The highest BCUT2D eigenvalue weighted by Crippen LogP contribution is 2.40. The van der Waals surface area contributed by atoms with Crippen LogP contribution in [-0.4, -0.2) is 33.6 Å². The van der Waals surface area contributed by atoms with Gasteiger partial charge in [-0.1, -0.05) is 0 Å². The van der Waals surface area contributed by atoms with Crippen molar-refractivity contribution < 1.29 is 18.7 Å². The van der Waals surface area contributed by atoms with Crippen molar-refractivity contribution in [1.29, 1.82) is 0 Å². The second-order valence-corrected chi connectivity index (χ2v) is 4.69. The first-order valence-corrected chi connectivity index (χ1v) is 5.98. The Balaban J connectivity index is 3.43. The third-order valence-electron chi connectivity index (χ3n) is 2.78. The van der Waals surface area contributed by atoms with Gasteiger partial charge in [0, 0.05) is 11.1 Å². The van der Waals surface area contributed by atoms with Crippen LogP contribution in [0.15, 0.2) is 12.1 Å². The summed E-state index contributed by atoms with van der Waals surface area (Å²) < 4.78 is 24.6. The number of carbonyl (C=O) groups is 1. The number of rotatable bonds is 6. The topological polar surface area (TPSA) is 47.6 Å². The van der Waals surface area contributed by atoms with Crippen LogP contribution in [0.5, 0.6) is 11.5 Å². The molecule has 1 N–H and O–H groups in total. The number of halogens is 1. The van der Waals surface area contributed by atoms with Gasteiger partial charge in [-0.25, -0.2) is 4.39 Å². The zero-order valence-corrected chi connectivity index (χ0v) is 12.0. The molecule has 0 aliphatic carbocycles. The molecule has 0 amide bonds. The third-order valence-corrected chi connectivity index (χ3v) is 2.78. The van der Waals surface area contributed by atoms with Gasteiger partial charge in [0.2, 0.25) is 0 Å². The van der Waals surface area contributed by atoms with Gasteiger partial charge in [-0.05, 0) is 33.0 Å². The molecule has 4 nitrogen and oxygen atoms in total. The van der Waals surface area contributed by atoms with E-state index >= 15 is 0 Å². The SMILES string of the molecule is CNCC(=O)c1cc(OC)c(OC)c(C(C)(C)F)c1. The van der Waals surface area contributed by atoms with E-state index in [1.807, 2.05) is 0 Å². The van der Waals surface area contributed by atoms with Crippen molar-refractivity contribution in [2.75, 3.05) is 27.8 Å². The average Bonchev–Trinajstić information content (AvgIpc) is 2.36. The molecule has 1 aromatic carbocycles. The fourth-order valence-electron chi connectivity index (χ4n) is 1.83. The minimum absolute atomic E-state index is 0.131. The van der Waals surface area contributed by atoms with Gasteiger partial charge in [0.1, 0.15) is 5.67 Å². The Labute approximate surface area is 112 Å². The summed E-state index contributed by atoms with van der Waals surface area (Å²) in [6.07, 6.45) is 0. The Morgan fingerprint density at radius 2 is 1.95 bits per heavy atom. The summed E-state index contributed by atoms with van der Waals surface area (Å²) in [6, 6.07) is 3.08. The number of ether oxygens (including phenoxy) is 2. The first-order chi connectivity index (χ1) is 8.85. The van der Waals surface area contributed by atoms with E-state index in [-0.39, 0.29) is 12.3 Å². The van der Waals surface area contributed by atoms with E-state index in [1.165, 1.54) is 34.1 Å². The number of carbonyl (C=O) groups excluding carboxylic acids is 1. The van der Waals surface area contributed by atoms with Crippen LogP contribution in [0.25, 0.3) is 0 Å². The van der Waals surface area contributed by atoms with Gasteiger partial charge < -0.3 is 14.8 Å². The maximum absolute atomic E-state index is 14.3. The Kier molecular flexibility index (Phi) is 4.89. The quantitative estimate of drug-likeness (QED) is 0.805. The van der Waals surface area contributed by atoms with Crippen LogP contribution in [0.1, 0.15) is 29.8 Å². The van der Waals surface area contributed by atoms with Crippen LogP contribution in [-0.2, 0) is 5.67 Å². The standard InChI is InChI=1S/C14H20FNO3/c1-14(2,15)10-6-9(11(17)8-16-3)7-12(18-4)13(10)19-5/h6-7,16H,8H2,1-5H3. The number of Topliss-reactive ketones (excluding diaryl/α,β-unsaturated/α-hetero) is 1. The van der Waals surface area contributed by atoms with Gasteiger partial charge in [0.05, 0.1) is 20.8 Å². The van der Waals surface area contributed by atoms with Crippen molar-refractivity contribution in [2.45, 2.75) is 19.5 Å². The first kappa shape index (κ1) is 15.4. The number of hydrogen-bond donors (Lipinski definition) is 1. The lowest BCUT2D eigenvalue weighted by Gasteiger charge is -2.21. The summed E-state index contributed by atoms with van der Waals surface area (Å²) in [5.41, 5.74) is -0.935. The van der Waals surface area contributed by atoms with E-state index in [0.717, 1.165) is 0 Å². The molecule has 5 heteroatoms. The minimum Gasteiger partial charge on any atom is -0.493 e. The monoisotopic (exact) mass is 269 g/mol. The Morgan fingerprint density at radius 1 is 1.32 bits per heavy atom. The summed E-state index contributed by atoms with van der Waals surface area (Å²) in [4.78, 5) is 11.9. The molecule has 0 unspecified atom stereocenters. The molecule has 0 aliphatic rings. The second kappa shape index (κ2) is 6.02. The highest BCUT2D eigenvalue weighted by molar-refractivity contribution is 5.98. The van der Waals surface area contributed by atoms with Crippen LogP contribution in [0, 0.1) is 0 Å². The van der Waals surface area contributed by atoms with Gasteiger partial charge >= 0.3 is 0 Å². The Hall–Kier alpha value is -1.62. The van der Waals surface area contributed by atoms with E-state index in [1.54, 1.807) is 13.1 Å². The number of hydrogen-bond acceptors (Lipinski definition) is 4. The lowest BCUT2D eigenvalue weighted by atomic mass is 9.95. The van der Waals surface area contributed by atoms with Gasteiger partial charge in [0.25, 0.3) is 0 Å². The maximum atomic E-state index is 14.3. The second-order valence-electron chi connectivity index (χ2n) is 4.69. The summed E-state index contributed by atoms with van der Waals surface area (Å²) in [7, 11) is 4.58. The highest BCUT2D eigenvalue weighted by Gasteiger charge is 2.27. The molecule has 1 aromatic rings. The molecular formula is C14H20FNO3. The normalized spacial score (nSPS) is 11.3. The van der Waals surface area contributed by atoms with E-state index < -0.39 is 5.67 Å². The summed E-state index contributed by atoms with van der Waals surface area (Å²) in [6.45, 7) is 3.01. The smallest absolute Gasteiger partial charge is 0.176 e. The average molecular weight is 269 g/mol. The van der Waals surface area contributed by atoms with Crippen LogP contribution in [0.2, 0.25) is 0 Å². The van der Waals surface area contributed by atoms with Gasteiger partial charge in [-0.2, -0.15) is 0 Å². The van der Waals surface area contributed by atoms with Crippen LogP contribution < -0.4 is 14.8 Å². The lowest BCUT2D eigenvalue weighted by Crippen LogP contribution is -2.20. The molecule has 0 saturated heterocycles. The number of benzene rings is 1. The molecule has 106 valence electrons. The van der Waals surface area contributed by atoms with Crippen LogP contribution in [0.4, 0.5) is 4.39 Å². The summed E-state index contributed by atoms with van der Waals surface area (Å²) in [5.74, 6) is 0.537. The van der Waals surface area contributed by atoms with Crippen molar-refractivity contribution in [1.82, 2.24) is 5.32 Å². The van der Waals surface area contributed by atoms with Gasteiger partial charge in [-0.15, -0.1) is 0 Å². The predicted octanol–water partition coefficient (Wildman–Crippen LogP) is 2.31. The van der Waals surface area contributed by atoms with Gasteiger partial charge in [0.15, 0.2) is 17.3 Å². The molecule has 0 fully saturated rings. The number of methoxy groups -OCH3 is 2. The molecule has 0 aliphatic heterocycles. The van der Waals surface area contributed by atoms with Crippen molar-refractivity contribution in [2.24, 2.45) is 0 Å². The molecule has 0 aromatic heterocycles. The number of nitrogens with one attached hydrogen (secondary N) is 1. The molecule has 19 heavy (non-hydrogen) atoms. The molecule has 0 heterocycles. The molecule has 1 rings (SSSR count). The number of ketones is 1. The summed E-state index contributed by atoms with van der Waals surface area (Å²) in [5, 5.41) is 2.77. The molecule has 0 bridgehead atoms. The molecule has 0 atom stereocenters. The maximum Gasteiger partial charge on any atom is 0.176 e. The van der Waals surface area contributed by atoms with Crippen LogP contribution in [0.3, 0.4) is 0 Å². The van der Waals surface area contributed by atoms with Gasteiger partial charge in [-0.3, -0.25) is 4.79 Å². The number of alkyl halides is 1. The lowest BCUT2D eigenvalue weighted by molar-refractivity contribution is 0.0993. The molecule has 0 spiro atoms. The Morgan fingerprint density at radius 3 is 2.37 bits per heavy atom. The van der Waals surface area contributed by atoms with Crippen molar-refractivity contribution in [3.8, 4) is 11.5 Å². The molecular weight excluding hydrogens is 249 g/mol. The zero-order chi connectivity index (χ0) is 14.6. The fourth-order valence-corrected chi connectivity index (χ4v) is 1.83. The van der Waals surface area contributed by atoms with E-state index in [9.17, 15) is 9.18 Å². The summed E-state index contributed by atoms with van der Waals surface area (Å²) >= 11 is 0. The highest BCUT2D eigenvalue weighted by atomic mass is 19.1. The molecule has 0 radical (unpaired) electrons. The Bertz CT molecular complexity index is 466. The fraction of sp³-hybridized carbons (Fsp3) is 0.500. The van der Waals surface area contributed by atoms with Crippen molar-refractivity contribution >= 4 is 5.78 Å². The van der Waals surface area contributed by atoms with Crippen LogP contribution >= 0.6 is 0 Å². The third kappa shape index (κ3) is 3.44. The molecule has 0 saturated carbocycles. The van der Waals surface area contributed by atoms with E-state index in [0.29, 0.717) is 22.6 Å². The largest absolute Gasteiger partial charge is 0.493 e.